The minimum absolute atomic E-state index is 0.166. The summed E-state index contributed by atoms with van der Waals surface area (Å²) in [4.78, 5) is 36.4. The molecule has 0 amide bonds. The van der Waals surface area contributed by atoms with Gasteiger partial charge in [-0.3, -0.25) is 4.79 Å². The Bertz CT molecular complexity index is 714. The standard InChI is InChI=1S/C20H24O6/c1-10(2)5-17(21)25-15-7-11(3)6-14-8-13(20(23)24-14)9-16-18(15)12(4)19(22)26-16/h7-8,10,14-16,18H,4-6,9H2,1-3H3/b11-7+/t14-,15-,16+,18+/m1/s1. The lowest BCUT2D eigenvalue weighted by Gasteiger charge is -2.26. The maximum atomic E-state index is 12.3. The number of carbonyl (C=O) groups excluding carboxylic acids is 3. The third-order valence-corrected chi connectivity index (χ3v) is 4.82. The van der Waals surface area contributed by atoms with Gasteiger partial charge in [-0.2, -0.15) is 0 Å². The lowest BCUT2D eigenvalue weighted by molar-refractivity contribution is -0.151. The molecule has 6 heteroatoms. The molecule has 0 aromatic rings. The van der Waals surface area contributed by atoms with Gasteiger partial charge in [-0.1, -0.05) is 26.0 Å². The summed E-state index contributed by atoms with van der Waals surface area (Å²) in [5, 5.41) is 0. The number of carbonyl (C=O) groups is 3. The third kappa shape index (κ3) is 3.74. The zero-order valence-corrected chi connectivity index (χ0v) is 15.3. The monoisotopic (exact) mass is 360 g/mol. The molecule has 1 fully saturated rings. The molecule has 0 saturated carbocycles. The summed E-state index contributed by atoms with van der Waals surface area (Å²) < 4.78 is 16.5. The predicted molar refractivity (Wildman–Crippen MR) is 92.8 cm³/mol. The molecular formula is C20H24O6. The summed E-state index contributed by atoms with van der Waals surface area (Å²) in [5.41, 5.74) is 1.68. The largest absolute Gasteiger partial charge is 0.458 e. The number of hydrogen-bond acceptors (Lipinski definition) is 6. The summed E-state index contributed by atoms with van der Waals surface area (Å²) in [6, 6.07) is 0. The van der Waals surface area contributed by atoms with Crippen LogP contribution in [0.5, 0.6) is 0 Å². The van der Waals surface area contributed by atoms with Gasteiger partial charge in [-0.05, 0) is 25.0 Å². The predicted octanol–water partition coefficient (Wildman–Crippen LogP) is 2.63. The minimum Gasteiger partial charge on any atom is -0.458 e. The lowest BCUT2D eigenvalue weighted by atomic mass is 9.85. The molecule has 2 bridgehead atoms. The first-order chi connectivity index (χ1) is 12.2. The van der Waals surface area contributed by atoms with Crippen LogP contribution in [0.25, 0.3) is 0 Å². The van der Waals surface area contributed by atoms with E-state index in [-0.39, 0.29) is 42.4 Å². The second kappa shape index (κ2) is 7.09. The van der Waals surface area contributed by atoms with E-state index in [0.717, 1.165) is 5.57 Å². The quantitative estimate of drug-likeness (QED) is 0.333. The molecular weight excluding hydrogens is 336 g/mol. The molecule has 0 aromatic carbocycles. The Morgan fingerprint density at radius 2 is 1.96 bits per heavy atom. The Labute approximate surface area is 152 Å². The van der Waals surface area contributed by atoms with Crippen LogP contribution in [0.2, 0.25) is 0 Å². The van der Waals surface area contributed by atoms with Gasteiger partial charge in [-0.15, -0.1) is 0 Å². The number of fused-ring (bicyclic) bond motifs is 2. The van der Waals surface area contributed by atoms with Gasteiger partial charge < -0.3 is 14.2 Å². The van der Waals surface area contributed by atoms with Crippen LogP contribution in [0.1, 0.15) is 40.0 Å². The van der Waals surface area contributed by atoms with Crippen LogP contribution in [0.4, 0.5) is 0 Å². The van der Waals surface area contributed by atoms with E-state index < -0.39 is 24.1 Å². The van der Waals surface area contributed by atoms with Gasteiger partial charge in [0, 0.05) is 30.4 Å². The highest BCUT2D eigenvalue weighted by Crippen LogP contribution is 2.38. The molecule has 0 N–H and O–H groups in total. The molecule has 3 rings (SSSR count). The van der Waals surface area contributed by atoms with Gasteiger partial charge >= 0.3 is 17.9 Å². The maximum absolute atomic E-state index is 12.3. The van der Waals surface area contributed by atoms with E-state index >= 15 is 0 Å². The fourth-order valence-electron chi connectivity index (χ4n) is 3.64. The Morgan fingerprint density at radius 3 is 2.65 bits per heavy atom. The Kier molecular flexibility index (Phi) is 5.03. The van der Waals surface area contributed by atoms with Crippen molar-refractivity contribution in [3.63, 3.8) is 0 Å². The van der Waals surface area contributed by atoms with E-state index in [0.29, 0.717) is 12.0 Å². The van der Waals surface area contributed by atoms with Crippen molar-refractivity contribution >= 4 is 17.9 Å². The molecule has 0 unspecified atom stereocenters. The van der Waals surface area contributed by atoms with Crippen LogP contribution >= 0.6 is 0 Å². The van der Waals surface area contributed by atoms with E-state index in [4.69, 9.17) is 14.2 Å². The molecule has 140 valence electrons. The average molecular weight is 360 g/mol. The van der Waals surface area contributed by atoms with Crippen LogP contribution in [0.3, 0.4) is 0 Å². The normalized spacial score (nSPS) is 33.0. The van der Waals surface area contributed by atoms with Crippen LogP contribution in [-0.2, 0) is 28.6 Å². The molecule has 0 aromatic heterocycles. The van der Waals surface area contributed by atoms with Crippen LogP contribution in [0.15, 0.2) is 35.5 Å². The van der Waals surface area contributed by atoms with Crippen LogP contribution < -0.4 is 0 Å². The zero-order chi connectivity index (χ0) is 19.0. The van der Waals surface area contributed by atoms with Crippen molar-refractivity contribution in [2.45, 2.75) is 58.3 Å². The van der Waals surface area contributed by atoms with E-state index in [1.54, 1.807) is 6.08 Å². The van der Waals surface area contributed by atoms with Gasteiger partial charge in [0.2, 0.25) is 0 Å². The molecule has 2 aliphatic heterocycles. The fourth-order valence-corrected chi connectivity index (χ4v) is 3.64. The number of hydrogen-bond donors (Lipinski definition) is 0. The van der Waals surface area contributed by atoms with E-state index in [9.17, 15) is 14.4 Å². The van der Waals surface area contributed by atoms with Gasteiger partial charge in [0.05, 0.1) is 5.92 Å². The van der Waals surface area contributed by atoms with Crippen molar-refractivity contribution in [2.75, 3.05) is 0 Å². The first kappa shape index (κ1) is 18.4. The average Bonchev–Trinajstić information content (AvgIpc) is 2.97. The smallest absolute Gasteiger partial charge is 0.334 e. The molecule has 6 nitrogen and oxygen atoms in total. The van der Waals surface area contributed by atoms with Gasteiger partial charge in [0.25, 0.3) is 0 Å². The molecule has 1 saturated heterocycles. The molecule has 4 atom stereocenters. The maximum Gasteiger partial charge on any atom is 0.334 e. The first-order valence-electron chi connectivity index (χ1n) is 8.92. The molecule has 0 radical (unpaired) electrons. The van der Waals surface area contributed by atoms with Crippen LogP contribution in [-0.4, -0.2) is 36.2 Å². The fraction of sp³-hybridized carbons (Fsp3) is 0.550. The van der Waals surface area contributed by atoms with E-state index in [1.807, 2.05) is 26.8 Å². The summed E-state index contributed by atoms with van der Waals surface area (Å²) in [6.45, 7) is 9.60. The second-order valence-corrected chi connectivity index (χ2v) is 7.60. The van der Waals surface area contributed by atoms with Crippen LogP contribution in [0, 0.1) is 11.8 Å². The Morgan fingerprint density at radius 1 is 1.23 bits per heavy atom. The van der Waals surface area contributed by atoms with E-state index in [2.05, 4.69) is 6.58 Å². The highest BCUT2D eigenvalue weighted by molar-refractivity contribution is 5.93. The summed E-state index contributed by atoms with van der Waals surface area (Å²) >= 11 is 0. The highest BCUT2D eigenvalue weighted by atomic mass is 16.6. The SMILES string of the molecule is C=C1C(=O)O[C@H]2CC3=C[C@@H](C/C(C)=C/[C@@H](OC(=O)CC(C)C)[C@H]12)OC3=O. The summed E-state index contributed by atoms with van der Waals surface area (Å²) in [6.07, 6.45) is 3.06. The lowest BCUT2D eigenvalue weighted by Crippen LogP contribution is -2.33. The van der Waals surface area contributed by atoms with Crippen molar-refractivity contribution in [3.8, 4) is 0 Å². The number of ether oxygens (including phenoxy) is 3. The third-order valence-electron chi connectivity index (χ3n) is 4.82. The van der Waals surface area contributed by atoms with Gasteiger partial charge in [0.1, 0.15) is 18.3 Å². The molecule has 2 heterocycles. The Balaban J connectivity index is 1.93. The second-order valence-electron chi connectivity index (χ2n) is 7.60. The molecule has 26 heavy (non-hydrogen) atoms. The zero-order valence-electron chi connectivity index (χ0n) is 15.3. The highest BCUT2D eigenvalue weighted by Gasteiger charge is 2.46. The molecule has 0 spiro atoms. The molecule has 3 aliphatic rings. The summed E-state index contributed by atoms with van der Waals surface area (Å²) in [5.74, 6) is -1.57. The van der Waals surface area contributed by atoms with Crippen molar-refractivity contribution < 1.29 is 28.6 Å². The molecule has 1 aliphatic carbocycles. The first-order valence-corrected chi connectivity index (χ1v) is 8.92. The van der Waals surface area contributed by atoms with Crippen molar-refractivity contribution in [2.24, 2.45) is 11.8 Å². The number of esters is 3. The topological polar surface area (TPSA) is 78.9 Å². The van der Waals surface area contributed by atoms with Gasteiger partial charge in [-0.25, -0.2) is 9.59 Å². The number of rotatable bonds is 3. The minimum atomic E-state index is -0.654. The van der Waals surface area contributed by atoms with Gasteiger partial charge in [0.15, 0.2) is 0 Å². The van der Waals surface area contributed by atoms with Crippen molar-refractivity contribution in [1.82, 2.24) is 0 Å². The Hall–Kier alpha value is -2.37. The van der Waals surface area contributed by atoms with E-state index in [1.165, 1.54) is 0 Å². The van der Waals surface area contributed by atoms with Crippen molar-refractivity contribution in [1.29, 1.82) is 0 Å². The van der Waals surface area contributed by atoms with Crippen molar-refractivity contribution in [3.05, 3.63) is 35.5 Å². The summed E-state index contributed by atoms with van der Waals surface area (Å²) in [7, 11) is 0.